The normalized spacial score (nSPS) is 11.1. The average Bonchev–Trinajstić information content (AvgIpc) is 3.24. The molecule has 4 rings (SSSR count). The van der Waals surface area contributed by atoms with Gasteiger partial charge in [0.25, 0.3) is 5.91 Å². The van der Waals surface area contributed by atoms with Crippen LogP contribution < -0.4 is 5.32 Å². The van der Waals surface area contributed by atoms with Crippen LogP contribution in [0, 0.1) is 12.7 Å². The molecule has 27 heavy (non-hydrogen) atoms. The number of hydrogen-bond acceptors (Lipinski definition) is 5. The molecular formula is C19H16FN5OS. The number of carbonyl (C=O) groups excluding carboxylic acids is 1. The van der Waals surface area contributed by atoms with Crippen molar-refractivity contribution >= 4 is 27.9 Å². The molecule has 1 N–H and O–H groups in total. The number of amides is 1. The highest BCUT2D eigenvalue weighted by molar-refractivity contribution is 7.19. The summed E-state index contributed by atoms with van der Waals surface area (Å²) in [6, 6.07) is 11.6. The van der Waals surface area contributed by atoms with Gasteiger partial charge in [0.1, 0.15) is 10.8 Å². The zero-order valence-electron chi connectivity index (χ0n) is 14.7. The average molecular weight is 381 g/mol. The maximum atomic E-state index is 13.9. The number of rotatable bonds is 4. The minimum atomic E-state index is -0.551. The maximum Gasteiger partial charge on any atom is 0.258 e. The molecule has 0 aliphatic heterocycles. The molecule has 2 aromatic carbocycles. The van der Waals surface area contributed by atoms with Crippen LogP contribution in [-0.2, 0) is 6.42 Å². The van der Waals surface area contributed by atoms with Gasteiger partial charge >= 0.3 is 0 Å². The van der Waals surface area contributed by atoms with Gasteiger partial charge in [-0.25, -0.2) is 4.39 Å². The fraction of sp³-hybridized carbons (Fsp3) is 0.158. The number of aromatic nitrogens is 4. The molecule has 4 aromatic rings. The Morgan fingerprint density at radius 1 is 1.22 bits per heavy atom. The van der Waals surface area contributed by atoms with E-state index in [1.807, 2.05) is 32.0 Å². The number of halogens is 1. The second kappa shape index (κ2) is 6.88. The SMILES string of the molecule is CCc1nnc2sc(-c3ccc(C)c(NC(=O)c4ccccc4F)c3)nn12. The zero-order chi connectivity index (χ0) is 19.0. The van der Waals surface area contributed by atoms with E-state index in [1.165, 1.54) is 23.5 Å². The van der Waals surface area contributed by atoms with Gasteiger partial charge in [-0.1, -0.05) is 42.5 Å². The van der Waals surface area contributed by atoms with Crippen molar-refractivity contribution in [1.82, 2.24) is 19.8 Å². The van der Waals surface area contributed by atoms with Crippen molar-refractivity contribution in [3.63, 3.8) is 0 Å². The van der Waals surface area contributed by atoms with Crippen LogP contribution in [-0.4, -0.2) is 25.7 Å². The second-order valence-electron chi connectivity index (χ2n) is 6.04. The quantitative estimate of drug-likeness (QED) is 0.577. The number of hydrogen-bond donors (Lipinski definition) is 1. The number of anilines is 1. The molecule has 0 fully saturated rings. The van der Waals surface area contributed by atoms with Crippen LogP contribution in [0.4, 0.5) is 10.1 Å². The predicted octanol–water partition coefficient (Wildman–Crippen LogP) is 4.12. The van der Waals surface area contributed by atoms with Gasteiger partial charge < -0.3 is 5.32 Å². The third-order valence-electron chi connectivity index (χ3n) is 4.22. The van der Waals surface area contributed by atoms with Crippen molar-refractivity contribution in [2.75, 3.05) is 5.32 Å². The van der Waals surface area contributed by atoms with Crippen LogP contribution in [0.5, 0.6) is 0 Å². The summed E-state index contributed by atoms with van der Waals surface area (Å²) in [5.41, 5.74) is 2.35. The topological polar surface area (TPSA) is 72.2 Å². The lowest BCUT2D eigenvalue weighted by Gasteiger charge is -2.10. The molecule has 6 nitrogen and oxygen atoms in total. The third-order valence-corrected chi connectivity index (χ3v) is 5.17. The van der Waals surface area contributed by atoms with Crippen molar-refractivity contribution < 1.29 is 9.18 Å². The van der Waals surface area contributed by atoms with Crippen molar-refractivity contribution in [3.8, 4) is 10.6 Å². The molecule has 2 aromatic heterocycles. The van der Waals surface area contributed by atoms with E-state index >= 15 is 0 Å². The standard InChI is InChI=1S/C19H16FN5OS/c1-3-16-22-23-19-25(16)24-18(27-19)12-9-8-11(2)15(10-12)21-17(26)13-6-4-5-7-14(13)20/h4-10H,3H2,1-2H3,(H,21,26). The van der Waals surface area contributed by atoms with Gasteiger partial charge in [-0.15, -0.1) is 10.2 Å². The summed E-state index contributed by atoms with van der Waals surface area (Å²) >= 11 is 1.42. The maximum absolute atomic E-state index is 13.9. The van der Waals surface area contributed by atoms with Crippen molar-refractivity contribution in [3.05, 3.63) is 65.2 Å². The molecule has 0 spiro atoms. The van der Waals surface area contributed by atoms with E-state index < -0.39 is 11.7 Å². The van der Waals surface area contributed by atoms with E-state index in [9.17, 15) is 9.18 Å². The van der Waals surface area contributed by atoms with Gasteiger partial charge in [0.05, 0.1) is 5.56 Å². The summed E-state index contributed by atoms with van der Waals surface area (Å²) in [5, 5.41) is 16.4. The van der Waals surface area contributed by atoms with Crippen LogP contribution in [0.1, 0.15) is 28.7 Å². The minimum Gasteiger partial charge on any atom is -0.322 e. The lowest BCUT2D eigenvalue weighted by Crippen LogP contribution is -2.14. The molecule has 136 valence electrons. The van der Waals surface area contributed by atoms with Crippen molar-refractivity contribution in [2.24, 2.45) is 0 Å². The van der Waals surface area contributed by atoms with Gasteiger partial charge in [-0.05, 0) is 30.7 Å². The fourth-order valence-corrected chi connectivity index (χ4v) is 3.57. The largest absolute Gasteiger partial charge is 0.322 e. The first kappa shape index (κ1) is 17.3. The minimum absolute atomic E-state index is 0.00804. The molecule has 0 radical (unpaired) electrons. The summed E-state index contributed by atoms with van der Waals surface area (Å²) in [7, 11) is 0. The first-order valence-electron chi connectivity index (χ1n) is 8.45. The molecule has 0 unspecified atom stereocenters. The lowest BCUT2D eigenvalue weighted by molar-refractivity contribution is 0.102. The Kier molecular flexibility index (Phi) is 4.41. The summed E-state index contributed by atoms with van der Waals surface area (Å²) in [5.74, 6) is -0.239. The van der Waals surface area contributed by atoms with E-state index in [1.54, 1.807) is 16.6 Å². The third kappa shape index (κ3) is 3.19. The molecule has 0 atom stereocenters. The Balaban J connectivity index is 1.67. The number of benzene rings is 2. The van der Waals surface area contributed by atoms with Gasteiger partial charge in [0.2, 0.25) is 4.96 Å². The lowest BCUT2D eigenvalue weighted by atomic mass is 10.1. The smallest absolute Gasteiger partial charge is 0.258 e. The van der Waals surface area contributed by atoms with E-state index in [0.29, 0.717) is 5.69 Å². The Bertz CT molecular complexity index is 1150. The van der Waals surface area contributed by atoms with Crippen LogP contribution in [0.3, 0.4) is 0 Å². The van der Waals surface area contributed by atoms with Crippen molar-refractivity contribution in [1.29, 1.82) is 0 Å². The van der Waals surface area contributed by atoms with E-state index in [0.717, 1.165) is 33.3 Å². The molecule has 1 amide bonds. The number of nitrogens with zero attached hydrogens (tertiary/aromatic N) is 4. The molecule has 0 aliphatic carbocycles. The molecule has 0 aliphatic rings. The van der Waals surface area contributed by atoms with Crippen LogP contribution in [0.2, 0.25) is 0 Å². The van der Waals surface area contributed by atoms with Gasteiger partial charge in [-0.2, -0.15) is 9.61 Å². The van der Waals surface area contributed by atoms with Gasteiger partial charge in [0, 0.05) is 17.7 Å². The molecule has 0 saturated heterocycles. The molecule has 0 saturated carbocycles. The molecule has 8 heteroatoms. The summed E-state index contributed by atoms with van der Waals surface area (Å²) in [4.78, 5) is 13.2. The first-order valence-corrected chi connectivity index (χ1v) is 9.26. The predicted molar refractivity (Wildman–Crippen MR) is 103 cm³/mol. The van der Waals surface area contributed by atoms with E-state index in [4.69, 9.17) is 0 Å². The second-order valence-corrected chi connectivity index (χ2v) is 6.99. The number of aryl methyl sites for hydroxylation is 2. The number of carbonyl (C=O) groups is 1. The molecule has 0 bridgehead atoms. The Morgan fingerprint density at radius 2 is 2.04 bits per heavy atom. The summed E-state index contributed by atoms with van der Waals surface area (Å²) in [6.07, 6.45) is 0.738. The number of fused-ring (bicyclic) bond motifs is 1. The zero-order valence-corrected chi connectivity index (χ0v) is 15.5. The van der Waals surface area contributed by atoms with Crippen molar-refractivity contribution in [2.45, 2.75) is 20.3 Å². The Morgan fingerprint density at radius 3 is 2.81 bits per heavy atom. The highest BCUT2D eigenvalue weighted by Gasteiger charge is 2.15. The van der Waals surface area contributed by atoms with E-state index in [2.05, 4.69) is 20.6 Å². The Hall–Kier alpha value is -3.13. The van der Waals surface area contributed by atoms with Crippen LogP contribution in [0.25, 0.3) is 15.5 Å². The monoisotopic (exact) mass is 381 g/mol. The summed E-state index contributed by atoms with van der Waals surface area (Å²) < 4.78 is 15.6. The highest BCUT2D eigenvalue weighted by Crippen LogP contribution is 2.29. The first-order chi connectivity index (χ1) is 13.1. The van der Waals surface area contributed by atoms with Crippen LogP contribution in [0.15, 0.2) is 42.5 Å². The van der Waals surface area contributed by atoms with E-state index in [-0.39, 0.29) is 5.56 Å². The number of nitrogens with one attached hydrogen (secondary N) is 1. The van der Waals surface area contributed by atoms with Gasteiger partial charge in [-0.3, -0.25) is 4.79 Å². The fourth-order valence-electron chi connectivity index (χ4n) is 2.72. The molecular weight excluding hydrogens is 365 g/mol. The van der Waals surface area contributed by atoms with Crippen LogP contribution >= 0.6 is 11.3 Å². The summed E-state index contributed by atoms with van der Waals surface area (Å²) in [6.45, 7) is 3.88. The Labute approximate surface area is 158 Å². The highest BCUT2D eigenvalue weighted by atomic mass is 32.1. The molecule has 2 heterocycles. The van der Waals surface area contributed by atoms with Gasteiger partial charge in [0.15, 0.2) is 5.82 Å².